The van der Waals surface area contributed by atoms with Crippen molar-refractivity contribution in [3.8, 4) is 11.1 Å². The van der Waals surface area contributed by atoms with E-state index in [9.17, 15) is 0 Å². The van der Waals surface area contributed by atoms with Crippen LogP contribution in [0.2, 0.25) is 5.02 Å². The van der Waals surface area contributed by atoms with Crippen molar-refractivity contribution >= 4 is 42.2 Å². The Kier molecular flexibility index (Phi) is 5.07. The van der Waals surface area contributed by atoms with Crippen molar-refractivity contribution in [2.75, 3.05) is 0 Å². The van der Waals surface area contributed by atoms with Gasteiger partial charge in [-0.05, 0) is 23.8 Å². The first-order chi connectivity index (χ1) is 9.81. The molecule has 0 atom stereocenters. The van der Waals surface area contributed by atoms with Crippen molar-refractivity contribution in [3.63, 3.8) is 0 Å². The monoisotopic (exact) mass is 335 g/mol. The highest BCUT2D eigenvalue weighted by atomic mass is 35.5. The summed E-state index contributed by atoms with van der Waals surface area (Å²) in [5, 5.41) is 8.24. The maximum Gasteiger partial charge on any atom is 0.0406 e. The lowest BCUT2D eigenvalue weighted by Gasteiger charge is -2.22. The Morgan fingerprint density at radius 2 is 1.71 bits per heavy atom. The zero-order valence-corrected chi connectivity index (χ0v) is 14.7. The van der Waals surface area contributed by atoms with E-state index in [0.29, 0.717) is 5.02 Å². The van der Waals surface area contributed by atoms with E-state index in [2.05, 4.69) is 39.5 Å². The summed E-state index contributed by atoms with van der Waals surface area (Å²) in [6.45, 7) is 6.56. The van der Waals surface area contributed by atoms with E-state index in [1.165, 1.54) is 11.1 Å². The van der Waals surface area contributed by atoms with Gasteiger partial charge in [-0.1, -0.05) is 50.6 Å². The van der Waals surface area contributed by atoms with Gasteiger partial charge in [0.15, 0.2) is 0 Å². The second-order valence-electron chi connectivity index (χ2n) is 5.74. The number of benzene rings is 2. The first kappa shape index (κ1) is 16.5. The van der Waals surface area contributed by atoms with Crippen LogP contribution < -0.4 is 0 Å². The van der Waals surface area contributed by atoms with Crippen molar-refractivity contribution in [2.24, 2.45) is 0 Å². The molecule has 1 N–H and O–H groups in total. The third-order valence-corrected chi connectivity index (χ3v) is 4.78. The Morgan fingerprint density at radius 3 is 2.24 bits per heavy atom. The smallest absolute Gasteiger partial charge is 0.0406 e. The van der Waals surface area contributed by atoms with Crippen LogP contribution in [0.25, 0.3) is 11.1 Å². The van der Waals surface area contributed by atoms with E-state index in [1.54, 1.807) is 11.8 Å². The molecule has 110 valence electrons. The maximum atomic E-state index is 7.53. The van der Waals surface area contributed by atoms with Gasteiger partial charge in [-0.25, -0.2) is 0 Å². The molecule has 0 saturated heterocycles. The molecule has 21 heavy (non-hydrogen) atoms. The van der Waals surface area contributed by atoms with Crippen LogP contribution in [0.3, 0.4) is 0 Å². The molecule has 1 nitrogen and oxygen atoms in total. The minimum atomic E-state index is 0.105. The lowest BCUT2D eigenvalue weighted by atomic mass is 10.0. The van der Waals surface area contributed by atoms with Crippen LogP contribution in [-0.2, 0) is 0 Å². The topological polar surface area (TPSA) is 23.9 Å². The van der Waals surface area contributed by atoms with E-state index in [4.69, 9.17) is 17.0 Å². The standard InChI is InChI=1S/C17H18ClNS2/c1-17(2,3)21-14-9-6-12(10-19)16(20)15(14)11-4-7-13(18)8-5-11/h4-10,19-20H,1-3H3. The SMILES string of the molecule is CC(C)(C)Sc1ccc(C=N)c(S)c1-c1ccc(Cl)cc1. The highest BCUT2D eigenvalue weighted by molar-refractivity contribution is 8.00. The number of nitrogens with one attached hydrogen (secondary N) is 1. The van der Waals surface area contributed by atoms with Crippen LogP contribution in [0.1, 0.15) is 26.3 Å². The molecule has 0 heterocycles. The van der Waals surface area contributed by atoms with Gasteiger partial charge in [-0.15, -0.1) is 24.4 Å². The van der Waals surface area contributed by atoms with Crippen molar-refractivity contribution < 1.29 is 0 Å². The normalized spacial score (nSPS) is 11.5. The molecule has 0 radical (unpaired) electrons. The molecule has 0 unspecified atom stereocenters. The van der Waals surface area contributed by atoms with Gasteiger partial charge in [-0.2, -0.15) is 0 Å². The largest absolute Gasteiger partial charge is 0.308 e. The highest BCUT2D eigenvalue weighted by Crippen LogP contribution is 2.42. The van der Waals surface area contributed by atoms with Crippen molar-refractivity contribution in [1.29, 1.82) is 5.41 Å². The molecular weight excluding hydrogens is 318 g/mol. The van der Waals surface area contributed by atoms with Gasteiger partial charge in [0.05, 0.1) is 0 Å². The third-order valence-electron chi connectivity index (χ3n) is 2.88. The van der Waals surface area contributed by atoms with E-state index in [0.717, 1.165) is 21.6 Å². The molecule has 0 spiro atoms. The predicted molar refractivity (Wildman–Crippen MR) is 97.6 cm³/mol. The molecule has 0 aromatic heterocycles. The average Bonchev–Trinajstić information content (AvgIpc) is 2.39. The summed E-state index contributed by atoms with van der Waals surface area (Å²) in [6, 6.07) is 11.8. The Morgan fingerprint density at radius 1 is 1.10 bits per heavy atom. The lowest BCUT2D eigenvalue weighted by molar-refractivity contribution is 0.803. The van der Waals surface area contributed by atoms with Crippen molar-refractivity contribution in [1.82, 2.24) is 0 Å². The zero-order chi connectivity index (χ0) is 15.6. The lowest BCUT2D eigenvalue weighted by Crippen LogP contribution is -2.07. The fraction of sp³-hybridized carbons (Fsp3) is 0.235. The first-order valence-corrected chi connectivity index (χ1v) is 8.27. The van der Waals surface area contributed by atoms with E-state index in [1.807, 2.05) is 30.3 Å². The molecular formula is C17H18ClNS2. The summed E-state index contributed by atoms with van der Waals surface area (Å²) in [5.74, 6) is 0. The molecule has 0 saturated carbocycles. The summed E-state index contributed by atoms with van der Waals surface area (Å²) >= 11 is 12.4. The molecule has 0 aliphatic rings. The van der Waals surface area contributed by atoms with E-state index >= 15 is 0 Å². The van der Waals surface area contributed by atoms with Crippen LogP contribution in [0.5, 0.6) is 0 Å². The molecule has 0 aliphatic carbocycles. The van der Waals surface area contributed by atoms with Gasteiger partial charge in [0.25, 0.3) is 0 Å². The van der Waals surface area contributed by atoms with Gasteiger partial charge < -0.3 is 5.41 Å². The summed E-state index contributed by atoms with van der Waals surface area (Å²) in [4.78, 5) is 2.00. The Bertz CT molecular complexity index is 658. The van der Waals surface area contributed by atoms with Crippen molar-refractivity contribution in [2.45, 2.75) is 35.3 Å². The molecule has 2 aromatic carbocycles. The van der Waals surface area contributed by atoms with Crippen LogP contribution in [-0.4, -0.2) is 11.0 Å². The molecule has 4 heteroatoms. The fourth-order valence-electron chi connectivity index (χ4n) is 2.02. The molecule has 0 aliphatic heterocycles. The third kappa shape index (κ3) is 4.06. The van der Waals surface area contributed by atoms with Gasteiger partial charge in [0.1, 0.15) is 0 Å². The fourth-order valence-corrected chi connectivity index (χ4v) is 3.72. The molecule has 0 bridgehead atoms. The Labute approximate surface area is 141 Å². The predicted octanol–water partition coefficient (Wildman–Crippen LogP) is 6.18. The number of thiol groups is 1. The van der Waals surface area contributed by atoms with Crippen molar-refractivity contribution in [3.05, 3.63) is 47.0 Å². The second-order valence-corrected chi connectivity index (χ2v) is 8.49. The summed E-state index contributed by atoms with van der Waals surface area (Å²) in [6.07, 6.45) is 1.34. The minimum Gasteiger partial charge on any atom is -0.308 e. The van der Waals surface area contributed by atoms with Crippen LogP contribution >= 0.6 is 36.0 Å². The van der Waals surface area contributed by atoms with Crippen LogP contribution in [0.4, 0.5) is 0 Å². The summed E-state index contributed by atoms with van der Waals surface area (Å²) < 4.78 is 0.105. The Balaban J connectivity index is 2.64. The van der Waals surface area contributed by atoms with Crippen LogP contribution in [0.15, 0.2) is 46.2 Å². The van der Waals surface area contributed by atoms with Gasteiger partial charge in [0, 0.05) is 36.9 Å². The molecule has 0 amide bonds. The Hall–Kier alpha value is -0.900. The van der Waals surface area contributed by atoms with Crippen LogP contribution in [0, 0.1) is 5.41 Å². The highest BCUT2D eigenvalue weighted by Gasteiger charge is 2.18. The average molecular weight is 336 g/mol. The maximum absolute atomic E-state index is 7.53. The van der Waals surface area contributed by atoms with Gasteiger partial charge in [0.2, 0.25) is 0 Å². The number of hydrogen-bond acceptors (Lipinski definition) is 3. The number of halogens is 1. The first-order valence-electron chi connectivity index (χ1n) is 6.63. The molecule has 2 rings (SSSR count). The quantitative estimate of drug-likeness (QED) is 0.390. The molecule has 0 fully saturated rings. The molecule has 2 aromatic rings. The summed E-state index contributed by atoms with van der Waals surface area (Å²) in [5.41, 5.74) is 2.96. The van der Waals surface area contributed by atoms with Gasteiger partial charge in [-0.3, -0.25) is 0 Å². The number of thioether (sulfide) groups is 1. The second kappa shape index (κ2) is 6.47. The number of hydrogen-bond donors (Lipinski definition) is 2. The summed E-state index contributed by atoms with van der Waals surface area (Å²) in [7, 11) is 0. The number of rotatable bonds is 3. The zero-order valence-electron chi connectivity index (χ0n) is 12.3. The van der Waals surface area contributed by atoms with Gasteiger partial charge >= 0.3 is 0 Å². The van der Waals surface area contributed by atoms with E-state index < -0.39 is 0 Å². The van der Waals surface area contributed by atoms with E-state index in [-0.39, 0.29) is 4.75 Å². The minimum absolute atomic E-state index is 0.105.